The molecule has 6 aromatic rings. The second-order valence-electron chi connectivity index (χ2n) is 15.8. The number of nitrogens with one attached hydrogen (secondary N) is 4. The lowest BCUT2D eigenvalue weighted by Gasteiger charge is -2.32. The van der Waals surface area contributed by atoms with Gasteiger partial charge in [0, 0.05) is 13.1 Å². The zero-order valence-corrected chi connectivity index (χ0v) is 36.0. The quantitative estimate of drug-likeness (QED) is 0.0847. The second kappa shape index (κ2) is 18.2. The van der Waals surface area contributed by atoms with Crippen molar-refractivity contribution in [3.8, 4) is 22.3 Å². The normalized spacial score (nSPS) is 13.6. The van der Waals surface area contributed by atoms with Gasteiger partial charge in [-0.15, -0.1) is 0 Å². The molecule has 0 saturated carbocycles. The van der Waals surface area contributed by atoms with Crippen LogP contribution in [0, 0.1) is 11.8 Å². The van der Waals surface area contributed by atoms with Crippen LogP contribution in [0.2, 0.25) is 0 Å². The van der Waals surface area contributed by atoms with Crippen LogP contribution in [-0.2, 0) is 19.1 Å². The second-order valence-corrected chi connectivity index (χ2v) is 15.8. The molecule has 4 aromatic carbocycles. The lowest BCUT2D eigenvalue weighted by Crippen LogP contribution is -2.51. The third kappa shape index (κ3) is 8.92. The molecule has 0 radical (unpaired) electrons. The van der Waals surface area contributed by atoms with Crippen molar-refractivity contribution in [2.45, 2.75) is 79.6 Å². The smallest absolute Gasteiger partial charge is 0.407 e. The van der Waals surface area contributed by atoms with Crippen molar-refractivity contribution < 1.29 is 28.7 Å². The third-order valence-electron chi connectivity index (χ3n) is 11.3. The standard InChI is InChI=1S/C46H56N8O6/c1-11-53(43(55)39(25(3)4)51-45(57)59-9)27(7)41-47-35-19-17-32(23-37(35)49-41)30-15-13-29-14-16-31(22-34(29)21-30)33-18-20-36-38(24-33)50-42(48-36)28(8)54(12-2)44(56)40(26(5)6)52-46(58)60-10/h13-28,39-40H,11-12H2,1-10H3,(H,47,49)(H,48,50)(H,51,57)(H,52,58). The Balaban J connectivity index is 1.23. The Labute approximate surface area is 350 Å². The molecular weight excluding hydrogens is 761 g/mol. The molecule has 316 valence electrons. The summed E-state index contributed by atoms with van der Waals surface area (Å²) in [6, 6.07) is 22.8. The number of benzene rings is 4. The van der Waals surface area contributed by atoms with Crippen LogP contribution in [-0.4, -0.2) is 93.1 Å². The number of likely N-dealkylation sites (N-methyl/N-ethyl adjacent to an activating group) is 2. The summed E-state index contributed by atoms with van der Waals surface area (Å²) < 4.78 is 9.54. The molecule has 4 amide bonds. The first-order chi connectivity index (χ1) is 28.7. The minimum Gasteiger partial charge on any atom is -0.453 e. The number of methoxy groups -OCH3 is 2. The molecule has 2 aromatic heterocycles. The van der Waals surface area contributed by atoms with Gasteiger partial charge >= 0.3 is 12.2 Å². The number of imidazole rings is 2. The fraction of sp³-hybridized carbons (Fsp3) is 0.391. The van der Waals surface area contributed by atoms with Crippen molar-refractivity contribution in [1.82, 2.24) is 40.4 Å². The molecule has 0 bridgehead atoms. The Bertz CT molecular complexity index is 2360. The number of amides is 4. The summed E-state index contributed by atoms with van der Waals surface area (Å²) in [5.74, 6) is 0.617. The lowest BCUT2D eigenvalue weighted by molar-refractivity contribution is -0.137. The first-order valence-corrected chi connectivity index (χ1v) is 20.5. The van der Waals surface area contributed by atoms with Crippen molar-refractivity contribution in [2.24, 2.45) is 11.8 Å². The summed E-state index contributed by atoms with van der Waals surface area (Å²) in [5, 5.41) is 7.56. The number of carbonyl (C=O) groups is 4. The summed E-state index contributed by atoms with van der Waals surface area (Å²) in [6.45, 7) is 16.1. The summed E-state index contributed by atoms with van der Waals surface area (Å²) in [5.41, 5.74) is 7.41. The molecule has 2 heterocycles. The zero-order valence-electron chi connectivity index (χ0n) is 36.0. The molecule has 6 rings (SSSR count). The van der Waals surface area contributed by atoms with Gasteiger partial charge < -0.3 is 39.9 Å². The largest absolute Gasteiger partial charge is 0.453 e. The highest BCUT2D eigenvalue weighted by Crippen LogP contribution is 2.33. The van der Waals surface area contributed by atoms with Crippen molar-refractivity contribution in [3.05, 3.63) is 84.4 Å². The molecular formula is C46H56N8O6. The number of hydrogen-bond acceptors (Lipinski definition) is 8. The van der Waals surface area contributed by atoms with Gasteiger partial charge in [0.25, 0.3) is 0 Å². The number of alkyl carbamates (subject to hydrolysis) is 2. The van der Waals surface area contributed by atoms with Gasteiger partial charge in [-0.05, 0) is 109 Å². The Morgan fingerprint density at radius 2 is 0.933 bits per heavy atom. The van der Waals surface area contributed by atoms with Crippen LogP contribution >= 0.6 is 0 Å². The highest BCUT2D eigenvalue weighted by atomic mass is 16.5. The number of aromatic amines is 2. The van der Waals surface area contributed by atoms with E-state index in [9.17, 15) is 19.2 Å². The Hall–Kier alpha value is -6.44. The third-order valence-corrected chi connectivity index (χ3v) is 11.3. The van der Waals surface area contributed by atoms with Crippen LogP contribution < -0.4 is 10.6 Å². The minimum atomic E-state index is -0.738. The molecule has 4 N–H and O–H groups in total. The maximum absolute atomic E-state index is 13.6. The number of H-pyrrole nitrogens is 2. The molecule has 60 heavy (non-hydrogen) atoms. The maximum Gasteiger partial charge on any atom is 0.407 e. The first-order valence-electron chi connectivity index (χ1n) is 20.5. The van der Waals surface area contributed by atoms with Gasteiger partial charge in [-0.25, -0.2) is 19.6 Å². The van der Waals surface area contributed by atoms with E-state index in [1.54, 1.807) is 9.80 Å². The topological polar surface area (TPSA) is 175 Å². The number of carbonyl (C=O) groups excluding carboxylic acids is 4. The zero-order chi connectivity index (χ0) is 43.4. The number of nitrogens with zero attached hydrogens (tertiary/aromatic N) is 4. The average molecular weight is 817 g/mol. The summed E-state index contributed by atoms with van der Waals surface area (Å²) in [4.78, 5) is 71.4. The fourth-order valence-electron chi connectivity index (χ4n) is 7.71. The van der Waals surface area contributed by atoms with Gasteiger partial charge in [0.15, 0.2) is 0 Å². The van der Waals surface area contributed by atoms with Gasteiger partial charge in [0.1, 0.15) is 23.7 Å². The van der Waals surface area contributed by atoms with Crippen molar-refractivity contribution >= 4 is 56.8 Å². The lowest BCUT2D eigenvalue weighted by atomic mass is 9.97. The molecule has 4 unspecified atom stereocenters. The predicted octanol–water partition coefficient (Wildman–Crippen LogP) is 8.51. The van der Waals surface area contributed by atoms with E-state index in [0.29, 0.717) is 24.7 Å². The molecule has 0 fully saturated rings. The number of fused-ring (bicyclic) bond motifs is 3. The number of ether oxygens (including phenoxy) is 2. The first kappa shape index (κ1) is 43.1. The van der Waals surface area contributed by atoms with Crippen molar-refractivity contribution in [1.29, 1.82) is 0 Å². The molecule has 0 aliphatic heterocycles. The number of rotatable bonds is 14. The maximum atomic E-state index is 13.6. The van der Waals surface area contributed by atoms with Gasteiger partial charge in [-0.2, -0.15) is 0 Å². The summed E-state index contributed by atoms with van der Waals surface area (Å²) in [7, 11) is 2.56. The fourth-order valence-corrected chi connectivity index (χ4v) is 7.71. The van der Waals surface area contributed by atoms with E-state index in [4.69, 9.17) is 19.4 Å². The molecule has 0 saturated heterocycles. The Morgan fingerprint density at radius 3 is 1.28 bits per heavy atom. The van der Waals surface area contributed by atoms with Gasteiger partial charge in [-0.3, -0.25) is 9.59 Å². The van der Waals surface area contributed by atoms with Gasteiger partial charge in [-0.1, -0.05) is 64.1 Å². The highest BCUT2D eigenvalue weighted by Gasteiger charge is 2.33. The predicted molar refractivity (Wildman–Crippen MR) is 234 cm³/mol. The molecule has 0 aliphatic rings. The molecule has 14 nitrogen and oxygen atoms in total. The van der Waals surface area contributed by atoms with E-state index in [-0.39, 0.29) is 35.7 Å². The average Bonchev–Trinajstić information content (AvgIpc) is 3.88. The van der Waals surface area contributed by atoms with Crippen LogP contribution in [0.4, 0.5) is 9.59 Å². The summed E-state index contributed by atoms with van der Waals surface area (Å²) in [6.07, 6.45) is -1.29. The van der Waals surface area contributed by atoms with E-state index < -0.39 is 24.3 Å². The van der Waals surface area contributed by atoms with Crippen LogP contribution in [0.1, 0.15) is 79.1 Å². The van der Waals surface area contributed by atoms with E-state index in [1.807, 2.05) is 67.5 Å². The molecule has 0 spiro atoms. The van der Waals surface area contributed by atoms with Crippen molar-refractivity contribution in [3.63, 3.8) is 0 Å². The van der Waals surface area contributed by atoms with E-state index in [1.165, 1.54) is 14.2 Å². The van der Waals surface area contributed by atoms with Gasteiger partial charge in [0.05, 0.1) is 48.4 Å². The molecule has 4 atom stereocenters. The monoisotopic (exact) mass is 816 g/mol. The molecule has 14 heteroatoms. The van der Waals surface area contributed by atoms with Crippen LogP contribution in [0.5, 0.6) is 0 Å². The van der Waals surface area contributed by atoms with Crippen molar-refractivity contribution in [2.75, 3.05) is 27.3 Å². The van der Waals surface area contributed by atoms with Crippen LogP contribution in [0.3, 0.4) is 0 Å². The van der Waals surface area contributed by atoms with Gasteiger partial charge in [0.2, 0.25) is 11.8 Å². The minimum absolute atomic E-state index is 0.142. The highest BCUT2D eigenvalue weighted by molar-refractivity contribution is 5.93. The Kier molecular flexibility index (Phi) is 13.1. The SMILES string of the molecule is CCN(C(=O)C(NC(=O)OC)C(C)C)C(C)c1nc2ccc(-c3ccc4ccc(-c5ccc6nc(C(C)N(CC)C(=O)C(NC(=O)OC)C(C)C)[nH]c6c5)cc4c3)cc2[nH]1. The number of hydrogen-bond donors (Lipinski definition) is 4. The van der Waals surface area contributed by atoms with E-state index >= 15 is 0 Å². The number of aromatic nitrogens is 4. The van der Waals surface area contributed by atoms with E-state index in [2.05, 4.69) is 81.3 Å². The molecule has 0 aliphatic carbocycles. The Morgan fingerprint density at radius 1 is 0.567 bits per heavy atom. The van der Waals surface area contributed by atoms with E-state index in [0.717, 1.165) is 55.1 Å². The van der Waals surface area contributed by atoms with Crippen LogP contribution in [0.15, 0.2) is 72.8 Å². The summed E-state index contributed by atoms with van der Waals surface area (Å²) >= 11 is 0. The van der Waals surface area contributed by atoms with Crippen LogP contribution in [0.25, 0.3) is 55.1 Å².